The van der Waals surface area contributed by atoms with E-state index in [1.54, 1.807) is 0 Å². The SMILES string of the molecule is C=CCC(C)(C)OCCC(C)(C)N. The normalized spacial score (nSPS) is 13.0. The van der Waals surface area contributed by atoms with E-state index in [-0.39, 0.29) is 11.1 Å². The van der Waals surface area contributed by atoms with Crippen LogP contribution in [0.5, 0.6) is 0 Å². The number of hydrogen-bond acceptors (Lipinski definition) is 2. The zero-order valence-electron chi connectivity index (χ0n) is 9.39. The van der Waals surface area contributed by atoms with Crippen LogP contribution in [0.1, 0.15) is 40.5 Å². The molecule has 0 aliphatic carbocycles. The first-order valence-corrected chi connectivity index (χ1v) is 4.81. The summed E-state index contributed by atoms with van der Waals surface area (Å²) in [7, 11) is 0. The molecular formula is C11H23NO. The second-order valence-corrected chi connectivity index (χ2v) is 4.84. The molecule has 2 heteroatoms. The van der Waals surface area contributed by atoms with Gasteiger partial charge in [-0.1, -0.05) is 6.08 Å². The summed E-state index contributed by atoms with van der Waals surface area (Å²) in [5, 5.41) is 0. The van der Waals surface area contributed by atoms with Crippen LogP contribution in [0.3, 0.4) is 0 Å². The van der Waals surface area contributed by atoms with E-state index in [0.717, 1.165) is 12.8 Å². The van der Waals surface area contributed by atoms with Crippen molar-refractivity contribution < 1.29 is 4.74 Å². The molecule has 0 radical (unpaired) electrons. The molecule has 0 unspecified atom stereocenters. The first-order chi connectivity index (χ1) is 5.77. The molecule has 0 aromatic rings. The van der Waals surface area contributed by atoms with Crippen molar-refractivity contribution in [3.8, 4) is 0 Å². The number of nitrogens with two attached hydrogens (primary N) is 1. The standard InChI is InChI=1S/C11H23NO/c1-6-7-11(4,5)13-9-8-10(2,3)12/h6H,1,7-9,12H2,2-5H3. The van der Waals surface area contributed by atoms with Gasteiger partial charge in [0.2, 0.25) is 0 Å². The van der Waals surface area contributed by atoms with Crippen molar-refractivity contribution in [3.63, 3.8) is 0 Å². The predicted molar refractivity (Wildman–Crippen MR) is 57.7 cm³/mol. The van der Waals surface area contributed by atoms with Gasteiger partial charge in [0, 0.05) is 12.1 Å². The highest BCUT2D eigenvalue weighted by atomic mass is 16.5. The number of ether oxygens (including phenoxy) is 1. The Morgan fingerprint density at radius 1 is 1.31 bits per heavy atom. The Labute approximate surface area is 82.2 Å². The summed E-state index contributed by atoms with van der Waals surface area (Å²) in [6, 6.07) is 0. The largest absolute Gasteiger partial charge is 0.375 e. The average molecular weight is 185 g/mol. The summed E-state index contributed by atoms with van der Waals surface area (Å²) < 4.78 is 5.69. The summed E-state index contributed by atoms with van der Waals surface area (Å²) in [5.41, 5.74) is 5.60. The van der Waals surface area contributed by atoms with E-state index in [2.05, 4.69) is 20.4 Å². The van der Waals surface area contributed by atoms with Crippen molar-refractivity contribution in [2.75, 3.05) is 6.61 Å². The van der Waals surface area contributed by atoms with Gasteiger partial charge in [0.05, 0.1) is 5.60 Å². The second kappa shape index (κ2) is 4.77. The van der Waals surface area contributed by atoms with Gasteiger partial charge in [-0.3, -0.25) is 0 Å². The molecule has 0 saturated carbocycles. The molecule has 0 spiro atoms. The van der Waals surface area contributed by atoms with E-state index in [0.29, 0.717) is 6.61 Å². The average Bonchev–Trinajstić information content (AvgIpc) is 1.82. The van der Waals surface area contributed by atoms with E-state index < -0.39 is 0 Å². The fourth-order valence-corrected chi connectivity index (χ4v) is 0.997. The van der Waals surface area contributed by atoms with Crippen molar-refractivity contribution in [2.45, 2.75) is 51.7 Å². The van der Waals surface area contributed by atoms with E-state index in [9.17, 15) is 0 Å². The third-order valence-corrected chi connectivity index (χ3v) is 1.88. The van der Waals surface area contributed by atoms with Crippen LogP contribution < -0.4 is 5.73 Å². The third-order valence-electron chi connectivity index (χ3n) is 1.88. The maximum absolute atomic E-state index is 5.84. The summed E-state index contributed by atoms with van der Waals surface area (Å²) in [4.78, 5) is 0. The molecule has 0 saturated heterocycles. The zero-order chi connectivity index (χ0) is 10.5. The topological polar surface area (TPSA) is 35.2 Å². The van der Waals surface area contributed by atoms with Gasteiger partial charge in [-0.2, -0.15) is 0 Å². The van der Waals surface area contributed by atoms with Crippen LogP contribution in [-0.2, 0) is 4.74 Å². The van der Waals surface area contributed by atoms with Gasteiger partial charge in [-0.05, 0) is 40.5 Å². The van der Waals surface area contributed by atoms with Crippen molar-refractivity contribution >= 4 is 0 Å². The summed E-state index contributed by atoms with van der Waals surface area (Å²) in [5.74, 6) is 0. The molecule has 2 N–H and O–H groups in total. The smallest absolute Gasteiger partial charge is 0.0660 e. The van der Waals surface area contributed by atoms with Crippen molar-refractivity contribution in [1.29, 1.82) is 0 Å². The minimum Gasteiger partial charge on any atom is -0.375 e. The van der Waals surface area contributed by atoms with E-state index in [1.807, 2.05) is 19.9 Å². The maximum atomic E-state index is 5.84. The molecule has 0 bridgehead atoms. The molecule has 0 rings (SSSR count). The lowest BCUT2D eigenvalue weighted by molar-refractivity contribution is -0.0210. The molecule has 78 valence electrons. The molecule has 0 aromatic carbocycles. The van der Waals surface area contributed by atoms with Crippen LogP contribution in [0.15, 0.2) is 12.7 Å². The lowest BCUT2D eigenvalue weighted by Crippen LogP contribution is -2.35. The molecule has 0 heterocycles. The van der Waals surface area contributed by atoms with Gasteiger partial charge in [0.1, 0.15) is 0 Å². The van der Waals surface area contributed by atoms with Crippen LogP contribution in [0, 0.1) is 0 Å². The maximum Gasteiger partial charge on any atom is 0.0660 e. The van der Waals surface area contributed by atoms with Gasteiger partial charge in [0.15, 0.2) is 0 Å². The summed E-state index contributed by atoms with van der Waals surface area (Å²) in [6.45, 7) is 12.6. The van der Waals surface area contributed by atoms with Crippen LogP contribution in [-0.4, -0.2) is 17.7 Å². The van der Waals surface area contributed by atoms with E-state index >= 15 is 0 Å². The van der Waals surface area contributed by atoms with Crippen LogP contribution in [0.2, 0.25) is 0 Å². The molecular weight excluding hydrogens is 162 g/mol. The van der Waals surface area contributed by atoms with Crippen molar-refractivity contribution in [1.82, 2.24) is 0 Å². The van der Waals surface area contributed by atoms with Crippen LogP contribution in [0.25, 0.3) is 0 Å². The highest BCUT2D eigenvalue weighted by molar-refractivity contribution is 4.81. The third kappa shape index (κ3) is 8.00. The molecule has 13 heavy (non-hydrogen) atoms. The fraction of sp³-hybridized carbons (Fsp3) is 0.818. The molecule has 0 fully saturated rings. The molecule has 0 aliphatic rings. The highest BCUT2D eigenvalue weighted by Crippen LogP contribution is 2.16. The Morgan fingerprint density at radius 2 is 1.85 bits per heavy atom. The van der Waals surface area contributed by atoms with E-state index in [1.165, 1.54) is 0 Å². The van der Waals surface area contributed by atoms with Gasteiger partial charge < -0.3 is 10.5 Å². The van der Waals surface area contributed by atoms with Crippen LogP contribution >= 0.6 is 0 Å². The molecule has 0 amide bonds. The lowest BCUT2D eigenvalue weighted by atomic mass is 10.0. The Kier molecular flexibility index (Phi) is 4.65. The minimum atomic E-state index is -0.135. The second-order valence-electron chi connectivity index (χ2n) is 4.84. The van der Waals surface area contributed by atoms with Gasteiger partial charge >= 0.3 is 0 Å². The Morgan fingerprint density at radius 3 is 2.23 bits per heavy atom. The number of rotatable bonds is 6. The minimum absolute atomic E-state index is 0.104. The molecule has 2 nitrogen and oxygen atoms in total. The lowest BCUT2D eigenvalue weighted by Gasteiger charge is -2.26. The summed E-state index contributed by atoms with van der Waals surface area (Å²) in [6.07, 6.45) is 3.64. The Bertz CT molecular complexity index is 156. The van der Waals surface area contributed by atoms with Gasteiger partial charge in [-0.15, -0.1) is 6.58 Å². The van der Waals surface area contributed by atoms with Crippen molar-refractivity contribution in [2.24, 2.45) is 5.73 Å². The predicted octanol–water partition coefficient (Wildman–Crippen LogP) is 2.49. The fourth-order valence-electron chi connectivity index (χ4n) is 0.997. The summed E-state index contributed by atoms with van der Waals surface area (Å²) >= 11 is 0. The van der Waals surface area contributed by atoms with Gasteiger partial charge in [-0.25, -0.2) is 0 Å². The Hall–Kier alpha value is -0.340. The highest BCUT2D eigenvalue weighted by Gasteiger charge is 2.18. The molecule has 0 aromatic heterocycles. The van der Waals surface area contributed by atoms with E-state index in [4.69, 9.17) is 10.5 Å². The quantitative estimate of drug-likeness (QED) is 0.645. The Balaban J connectivity index is 3.69. The van der Waals surface area contributed by atoms with Crippen molar-refractivity contribution in [3.05, 3.63) is 12.7 Å². The molecule has 0 atom stereocenters. The molecule has 0 aliphatic heterocycles. The monoisotopic (exact) mass is 185 g/mol. The number of hydrogen-bond donors (Lipinski definition) is 1. The first kappa shape index (κ1) is 12.7. The first-order valence-electron chi connectivity index (χ1n) is 4.81. The van der Waals surface area contributed by atoms with Crippen LogP contribution in [0.4, 0.5) is 0 Å². The van der Waals surface area contributed by atoms with Gasteiger partial charge in [0.25, 0.3) is 0 Å². The zero-order valence-corrected chi connectivity index (χ0v) is 9.39.